The van der Waals surface area contributed by atoms with Gasteiger partial charge in [0, 0.05) is 18.4 Å². The zero-order valence-electron chi connectivity index (χ0n) is 9.24. The molecule has 0 radical (unpaired) electrons. The molecule has 0 fully saturated rings. The van der Waals surface area contributed by atoms with Crippen LogP contribution in [0.25, 0.3) is 0 Å². The Hall–Kier alpha value is -1.56. The number of carbonyl (C=O) groups is 2. The zero-order chi connectivity index (χ0) is 12.8. The molecule has 1 rings (SSSR count). The van der Waals surface area contributed by atoms with Crippen LogP contribution in [0.2, 0.25) is 0 Å². The van der Waals surface area contributed by atoms with Crippen LogP contribution >= 0.6 is 12.6 Å². The number of rotatable bonds is 4. The van der Waals surface area contributed by atoms with Gasteiger partial charge in [-0.25, -0.2) is 4.39 Å². The Bertz CT molecular complexity index is 426. The van der Waals surface area contributed by atoms with Crippen molar-refractivity contribution in [3.63, 3.8) is 0 Å². The van der Waals surface area contributed by atoms with Gasteiger partial charge in [-0.2, -0.15) is 12.6 Å². The minimum atomic E-state index is -0.737. The average Bonchev–Trinajstić information content (AvgIpc) is 2.25. The minimum Gasteiger partial charge on any atom is -0.344 e. The van der Waals surface area contributed by atoms with Crippen molar-refractivity contribution < 1.29 is 14.0 Å². The molecule has 0 aliphatic heterocycles. The maximum absolute atomic E-state index is 12.9. The van der Waals surface area contributed by atoms with E-state index in [-0.39, 0.29) is 11.7 Å². The van der Waals surface area contributed by atoms with Crippen LogP contribution in [0.1, 0.15) is 6.92 Å². The Morgan fingerprint density at radius 2 is 2.18 bits per heavy atom. The number of amides is 2. The summed E-state index contributed by atoms with van der Waals surface area (Å²) >= 11 is 3.97. The zero-order valence-corrected chi connectivity index (χ0v) is 10.1. The molecule has 1 atom stereocenters. The molecule has 4 nitrogen and oxygen atoms in total. The maximum atomic E-state index is 12.9. The van der Waals surface area contributed by atoms with E-state index >= 15 is 0 Å². The van der Waals surface area contributed by atoms with Crippen molar-refractivity contribution in [1.82, 2.24) is 5.32 Å². The van der Waals surface area contributed by atoms with Crippen LogP contribution in [0.5, 0.6) is 0 Å². The Kier molecular flexibility index (Phi) is 4.96. The van der Waals surface area contributed by atoms with Crippen LogP contribution in [0.4, 0.5) is 10.1 Å². The van der Waals surface area contributed by atoms with E-state index in [0.29, 0.717) is 5.69 Å². The number of hydrogen-bond acceptors (Lipinski definition) is 3. The van der Waals surface area contributed by atoms with Gasteiger partial charge in [0.15, 0.2) is 0 Å². The van der Waals surface area contributed by atoms with Crippen LogP contribution in [0.3, 0.4) is 0 Å². The highest BCUT2D eigenvalue weighted by atomic mass is 32.1. The van der Waals surface area contributed by atoms with Crippen molar-refractivity contribution in [1.29, 1.82) is 0 Å². The first kappa shape index (κ1) is 13.5. The highest BCUT2D eigenvalue weighted by Crippen LogP contribution is 2.09. The molecule has 0 spiro atoms. The number of nitrogens with one attached hydrogen (secondary N) is 2. The lowest BCUT2D eigenvalue weighted by atomic mass is 10.2. The molecular weight excluding hydrogens is 243 g/mol. The smallest absolute Gasteiger partial charge is 0.247 e. The first-order chi connectivity index (χ1) is 8.02. The van der Waals surface area contributed by atoms with Crippen molar-refractivity contribution in [2.45, 2.75) is 13.0 Å². The van der Waals surface area contributed by atoms with Crippen LogP contribution in [-0.4, -0.2) is 23.6 Å². The molecule has 0 saturated heterocycles. The van der Waals surface area contributed by atoms with E-state index < -0.39 is 17.8 Å². The van der Waals surface area contributed by atoms with Gasteiger partial charge in [-0.05, 0) is 18.2 Å². The van der Waals surface area contributed by atoms with Gasteiger partial charge in [-0.15, -0.1) is 0 Å². The van der Waals surface area contributed by atoms with Crippen molar-refractivity contribution in [3.8, 4) is 0 Å². The van der Waals surface area contributed by atoms with Crippen LogP contribution < -0.4 is 10.6 Å². The molecule has 17 heavy (non-hydrogen) atoms. The predicted octanol–water partition coefficient (Wildman–Crippen LogP) is 1.20. The van der Waals surface area contributed by atoms with Crippen molar-refractivity contribution >= 4 is 30.1 Å². The number of halogens is 1. The van der Waals surface area contributed by atoms with Gasteiger partial charge in [0.25, 0.3) is 0 Å². The fourth-order valence-corrected chi connectivity index (χ4v) is 1.49. The summed E-state index contributed by atoms with van der Waals surface area (Å²) in [4.78, 5) is 22.5. The molecule has 1 aromatic carbocycles. The Morgan fingerprint density at radius 1 is 1.47 bits per heavy atom. The van der Waals surface area contributed by atoms with E-state index in [4.69, 9.17) is 0 Å². The van der Waals surface area contributed by atoms with E-state index in [0.717, 1.165) is 0 Å². The first-order valence-corrected chi connectivity index (χ1v) is 5.60. The Balaban J connectivity index is 2.67. The SMILES string of the molecule is CC(=O)NC(CS)C(=O)Nc1cccc(F)c1. The summed E-state index contributed by atoms with van der Waals surface area (Å²) in [6.45, 7) is 1.31. The monoisotopic (exact) mass is 256 g/mol. The second kappa shape index (κ2) is 6.24. The number of anilines is 1. The van der Waals surface area contributed by atoms with E-state index in [1.807, 2.05) is 0 Å². The van der Waals surface area contributed by atoms with Crippen molar-refractivity contribution in [3.05, 3.63) is 30.1 Å². The number of carbonyl (C=O) groups excluding carboxylic acids is 2. The normalized spacial score (nSPS) is 11.7. The minimum absolute atomic E-state index is 0.167. The number of benzene rings is 1. The summed E-state index contributed by atoms with van der Waals surface area (Å²) in [6.07, 6.45) is 0. The first-order valence-electron chi connectivity index (χ1n) is 4.97. The van der Waals surface area contributed by atoms with Gasteiger partial charge < -0.3 is 10.6 Å². The summed E-state index contributed by atoms with van der Waals surface area (Å²) < 4.78 is 12.9. The summed E-state index contributed by atoms with van der Waals surface area (Å²) in [5.41, 5.74) is 0.340. The number of hydrogen-bond donors (Lipinski definition) is 3. The molecular formula is C11H13FN2O2S. The standard InChI is InChI=1S/C11H13FN2O2S/c1-7(15)13-10(6-17)11(16)14-9-4-2-3-8(12)5-9/h2-5,10,17H,6H2,1H3,(H,13,15)(H,14,16). The van der Waals surface area contributed by atoms with Gasteiger partial charge >= 0.3 is 0 Å². The second-order valence-corrected chi connectivity index (χ2v) is 3.80. The lowest BCUT2D eigenvalue weighted by Crippen LogP contribution is -2.44. The Labute approximate surface area is 104 Å². The van der Waals surface area contributed by atoms with Crippen LogP contribution in [0, 0.1) is 5.82 Å². The second-order valence-electron chi connectivity index (χ2n) is 3.44. The predicted molar refractivity (Wildman–Crippen MR) is 66.5 cm³/mol. The average molecular weight is 256 g/mol. The largest absolute Gasteiger partial charge is 0.344 e. The Morgan fingerprint density at radius 3 is 2.71 bits per heavy atom. The molecule has 0 saturated carbocycles. The van der Waals surface area contributed by atoms with Gasteiger partial charge in [0.05, 0.1) is 0 Å². The molecule has 0 aliphatic carbocycles. The molecule has 0 heterocycles. The van der Waals surface area contributed by atoms with Gasteiger partial charge in [0.2, 0.25) is 11.8 Å². The fourth-order valence-electron chi connectivity index (χ4n) is 1.24. The maximum Gasteiger partial charge on any atom is 0.247 e. The van der Waals surface area contributed by atoms with Gasteiger partial charge in [-0.3, -0.25) is 9.59 Å². The fraction of sp³-hybridized carbons (Fsp3) is 0.273. The molecule has 2 amide bonds. The third kappa shape index (κ3) is 4.44. The number of thiol groups is 1. The topological polar surface area (TPSA) is 58.2 Å². The third-order valence-corrected chi connectivity index (χ3v) is 2.33. The quantitative estimate of drug-likeness (QED) is 0.709. The van der Waals surface area contributed by atoms with Gasteiger partial charge in [0.1, 0.15) is 11.9 Å². The molecule has 1 unspecified atom stereocenters. The summed E-state index contributed by atoms with van der Waals surface area (Å²) in [7, 11) is 0. The molecule has 6 heteroatoms. The molecule has 0 aromatic heterocycles. The van der Waals surface area contributed by atoms with Gasteiger partial charge in [-0.1, -0.05) is 6.07 Å². The molecule has 1 aromatic rings. The van der Waals surface area contributed by atoms with E-state index in [9.17, 15) is 14.0 Å². The molecule has 0 bridgehead atoms. The van der Waals surface area contributed by atoms with Crippen molar-refractivity contribution in [2.75, 3.05) is 11.1 Å². The van der Waals surface area contributed by atoms with Crippen LogP contribution in [-0.2, 0) is 9.59 Å². The van der Waals surface area contributed by atoms with E-state index in [2.05, 4.69) is 23.3 Å². The van der Waals surface area contributed by atoms with E-state index in [1.54, 1.807) is 6.07 Å². The highest BCUT2D eigenvalue weighted by Gasteiger charge is 2.17. The summed E-state index contributed by atoms with van der Waals surface area (Å²) in [6, 6.07) is 4.78. The van der Waals surface area contributed by atoms with E-state index in [1.165, 1.54) is 25.1 Å². The van der Waals surface area contributed by atoms with Crippen LogP contribution in [0.15, 0.2) is 24.3 Å². The summed E-state index contributed by atoms with van der Waals surface area (Å²) in [5.74, 6) is -1.02. The molecule has 0 aliphatic rings. The molecule has 92 valence electrons. The lowest BCUT2D eigenvalue weighted by molar-refractivity contribution is -0.124. The molecule has 2 N–H and O–H groups in total. The summed E-state index contributed by atoms with van der Waals surface area (Å²) in [5, 5.41) is 4.94. The van der Waals surface area contributed by atoms with Crippen molar-refractivity contribution in [2.24, 2.45) is 0 Å². The highest BCUT2D eigenvalue weighted by molar-refractivity contribution is 7.80. The lowest BCUT2D eigenvalue weighted by Gasteiger charge is -2.15. The third-order valence-electron chi connectivity index (χ3n) is 1.97.